The number of rotatable bonds is 10. The van der Waals surface area contributed by atoms with Gasteiger partial charge in [0, 0.05) is 31.7 Å². The molecular formula is C26H29N3O7. The van der Waals surface area contributed by atoms with Gasteiger partial charge in [-0.1, -0.05) is 0 Å². The quantitative estimate of drug-likeness (QED) is 0.296. The van der Waals surface area contributed by atoms with Gasteiger partial charge in [-0.2, -0.15) is 0 Å². The van der Waals surface area contributed by atoms with Crippen LogP contribution in [0.2, 0.25) is 0 Å². The molecule has 4 rings (SSSR count). The smallest absolute Gasteiger partial charge is 0.338 e. The average Bonchev–Trinajstić information content (AvgIpc) is 3.20. The molecule has 2 amide bonds. The van der Waals surface area contributed by atoms with Crippen molar-refractivity contribution in [2.75, 3.05) is 58.0 Å². The number of benzene rings is 2. The Morgan fingerprint density at radius 2 is 1.67 bits per heavy atom. The maximum atomic E-state index is 12.8. The lowest BCUT2D eigenvalue weighted by Crippen LogP contribution is -2.44. The van der Waals surface area contributed by atoms with Crippen LogP contribution in [0.15, 0.2) is 48.5 Å². The first-order valence-corrected chi connectivity index (χ1v) is 11.8. The van der Waals surface area contributed by atoms with E-state index in [2.05, 4.69) is 10.2 Å². The molecule has 1 atom stereocenters. The highest BCUT2D eigenvalue weighted by atomic mass is 16.5. The molecule has 2 saturated heterocycles. The Hall–Kier alpha value is -3.60. The SMILES string of the molecule is COc1ccc(C(=O)COC(=O)c2ccc(N3C(=O)CC(NCCN4CCOCC4)C3=O)cc2)cc1. The molecule has 2 aromatic rings. The Balaban J connectivity index is 1.28. The lowest BCUT2D eigenvalue weighted by Gasteiger charge is -2.27. The number of esters is 1. The Kier molecular flexibility index (Phi) is 8.42. The van der Waals surface area contributed by atoms with Gasteiger partial charge in [-0.3, -0.25) is 19.3 Å². The molecule has 2 aromatic carbocycles. The van der Waals surface area contributed by atoms with Gasteiger partial charge in [0.05, 0.1) is 44.0 Å². The van der Waals surface area contributed by atoms with E-state index < -0.39 is 18.6 Å². The number of nitrogens with zero attached hydrogens (tertiary/aromatic N) is 2. The number of hydrogen-bond acceptors (Lipinski definition) is 9. The molecule has 2 heterocycles. The Labute approximate surface area is 209 Å². The van der Waals surface area contributed by atoms with Gasteiger partial charge in [-0.25, -0.2) is 9.69 Å². The number of Topliss-reactive ketones (excluding diaryl/α,β-unsaturated/α-hetero) is 1. The largest absolute Gasteiger partial charge is 0.497 e. The third kappa shape index (κ3) is 6.14. The molecule has 0 radical (unpaired) electrons. The number of carbonyl (C=O) groups excluding carboxylic acids is 4. The number of anilines is 1. The van der Waals surface area contributed by atoms with Gasteiger partial charge in [0.25, 0.3) is 5.91 Å². The number of ketones is 1. The van der Waals surface area contributed by atoms with Crippen molar-refractivity contribution in [2.45, 2.75) is 12.5 Å². The van der Waals surface area contributed by atoms with Gasteiger partial charge in [-0.15, -0.1) is 0 Å². The lowest BCUT2D eigenvalue weighted by atomic mass is 10.1. The molecule has 0 spiro atoms. The summed E-state index contributed by atoms with van der Waals surface area (Å²) >= 11 is 0. The van der Waals surface area contributed by atoms with Gasteiger partial charge < -0.3 is 19.5 Å². The number of imide groups is 1. The fraction of sp³-hybridized carbons (Fsp3) is 0.385. The molecule has 0 aliphatic carbocycles. The van der Waals surface area contributed by atoms with E-state index >= 15 is 0 Å². The number of hydrogen-bond donors (Lipinski definition) is 1. The Bertz CT molecular complexity index is 1100. The minimum atomic E-state index is -0.676. The van der Waals surface area contributed by atoms with Crippen LogP contribution in [-0.4, -0.2) is 87.6 Å². The predicted molar refractivity (Wildman–Crippen MR) is 130 cm³/mol. The summed E-state index contributed by atoms with van der Waals surface area (Å²) in [6.45, 7) is 4.09. The standard InChI is InChI=1S/C26H29N3O7/c1-34-21-8-4-18(5-9-21)23(30)17-36-26(33)19-2-6-20(7-3-19)29-24(31)16-22(25(29)32)27-10-11-28-12-14-35-15-13-28/h2-9,22,27H,10-17H2,1H3. The number of methoxy groups -OCH3 is 1. The highest BCUT2D eigenvalue weighted by Crippen LogP contribution is 2.23. The summed E-state index contributed by atoms with van der Waals surface area (Å²) < 4.78 is 15.5. The fourth-order valence-electron chi connectivity index (χ4n) is 4.11. The van der Waals surface area contributed by atoms with Crippen molar-refractivity contribution in [2.24, 2.45) is 0 Å². The van der Waals surface area contributed by atoms with E-state index in [0.29, 0.717) is 36.8 Å². The van der Waals surface area contributed by atoms with Crippen molar-refractivity contribution in [1.29, 1.82) is 0 Å². The molecule has 0 bridgehead atoms. The highest BCUT2D eigenvalue weighted by molar-refractivity contribution is 6.22. The normalized spacial score (nSPS) is 18.4. The number of ether oxygens (including phenoxy) is 3. The van der Waals surface area contributed by atoms with Gasteiger partial charge in [0.15, 0.2) is 12.4 Å². The summed E-state index contributed by atoms with van der Waals surface area (Å²) in [5.41, 5.74) is 0.993. The Morgan fingerprint density at radius 1 is 1.00 bits per heavy atom. The minimum Gasteiger partial charge on any atom is -0.497 e. The second-order valence-corrected chi connectivity index (χ2v) is 8.51. The zero-order valence-corrected chi connectivity index (χ0v) is 20.1. The number of morpholine rings is 1. The summed E-state index contributed by atoms with van der Waals surface area (Å²) in [6.07, 6.45) is 0.0825. The van der Waals surface area contributed by atoms with E-state index in [1.807, 2.05) is 0 Å². The van der Waals surface area contributed by atoms with E-state index in [0.717, 1.165) is 24.5 Å². The van der Waals surface area contributed by atoms with Crippen molar-refractivity contribution in [3.63, 3.8) is 0 Å². The highest BCUT2D eigenvalue weighted by Gasteiger charge is 2.39. The molecule has 36 heavy (non-hydrogen) atoms. The minimum absolute atomic E-state index is 0.0825. The maximum absolute atomic E-state index is 12.8. The average molecular weight is 496 g/mol. The van der Waals surface area contributed by atoms with E-state index in [-0.39, 0.29) is 29.6 Å². The Morgan fingerprint density at radius 3 is 2.33 bits per heavy atom. The summed E-state index contributed by atoms with van der Waals surface area (Å²) in [6, 6.07) is 11.9. The van der Waals surface area contributed by atoms with Crippen LogP contribution in [0.5, 0.6) is 5.75 Å². The van der Waals surface area contributed by atoms with Crippen LogP contribution < -0.4 is 15.0 Å². The molecule has 2 aliphatic heterocycles. The maximum Gasteiger partial charge on any atom is 0.338 e. The molecule has 2 fully saturated rings. The van der Waals surface area contributed by atoms with E-state index in [1.165, 1.54) is 31.4 Å². The van der Waals surface area contributed by atoms with E-state index in [1.54, 1.807) is 24.3 Å². The van der Waals surface area contributed by atoms with E-state index in [9.17, 15) is 19.2 Å². The van der Waals surface area contributed by atoms with Crippen molar-refractivity contribution in [3.05, 3.63) is 59.7 Å². The van der Waals surface area contributed by atoms with Gasteiger partial charge in [0.2, 0.25) is 5.91 Å². The van der Waals surface area contributed by atoms with Gasteiger partial charge in [0.1, 0.15) is 5.75 Å². The van der Waals surface area contributed by atoms with Crippen molar-refractivity contribution in [3.8, 4) is 5.75 Å². The predicted octanol–water partition coefficient (Wildman–Crippen LogP) is 1.29. The lowest BCUT2D eigenvalue weighted by molar-refractivity contribution is -0.121. The topological polar surface area (TPSA) is 114 Å². The van der Waals surface area contributed by atoms with Crippen LogP contribution in [-0.2, 0) is 19.1 Å². The second-order valence-electron chi connectivity index (χ2n) is 8.51. The fourth-order valence-corrected chi connectivity index (χ4v) is 4.11. The summed E-state index contributed by atoms with van der Waals surface area (Å²) in [4.78, 5) is 53.4. The van der Waals surface area contributed by atoms with Crippen molar-refractivity contribution >= 4 is 29.3 Å². The molecule has 10 heteroatoms. The molecule has 0 aromatic heterocycles. The van der Waals surface area contributed by atoms with Crippen LogP contribution in [0.3, 0.4) is 0 Å². The molecule has 2 aliphatic rings. The molecule has 10 nitrogen and oxygen atoms in total. The molecule has 190 valence electrons. The molecular weight excluding hydrogens is 466 g/mol. The number of amides is 2. The summed E-state index contributed by atoms with van der Waals surface area (Å²) in [5, 5.41) is 3.18. The van der Waals surface area contributed by atoms with Gasteiger partial charge >= 0.3 is 5.97 Å². The van der Waals surface area contributed by atoms with E-state index in [4.69, 9.17) is 14.2 Å². The molecule has 1 unspecified atom stereocenters. The number of nitrogens with one attached hydrogen (secondary N) is 1. The monoisotopic (exact) mass is 495 g/mol. The first-order valence-electron chi connectivity index (χ1n) is 11.8. The summed E-state index contributed by atoms with van der Waals surface area (Å²) in [5.74, 6) is -1.02. The summed E-state index contributed by atoms with van der Waals surface area (Å²) in [7, 11) is 1.53. The zero-order chi connectivity index (χ0) is 25.5. The van der Waals surface area contributed by atoms with Crippen LogP contribution in [0.4, 0.5) is 5.69 Å². The molecule has 1 N–H and O–H groups in total. The first-order chi connectivity index (χ1) is 17.5. The van der Waals surface area contributed by atoms with Crippen LogP contribution in [0, 0.1) is 0 Å². The first kappa shape index (κ1) is 25.5. The second kappa shape index (κ2) is 11.9. The third-order valence-electron chi connectivity index (χ3n) is 6.18. The zero-order valence-electron chi connectivity index (χ0n) is 20.1. The third-order valence-corrected chi connectivity index (χ3v) is 6.18. The van der Waals surface area contributed by atoms with Crippen molar-refractivity contribution in [1.82, 2.24) is 10.2 Å². The van der Waals surface area contributed by atoms with Crippen molar-refractivity contribution < 1.29 is 33.4 Å². The van der Waals surface area contributed by atoms with Crippen LogP contribution >= 0.6 is 0 Å². The molecule has 0 saturated carbocycles. The number of carbonyl (C=O) groups is 4. The van der Waals surface area contributed by atoms with Crippen LogP contribution in [0.25, 0.3) is 0 Å². The van der Waals surface area contributed by atoms with Crippen LogP contribution in [0.1, 0.15) is 27.1 Å². The van der Waals surface area contributed by atoms with Gasteiger partial charge in [-0.05, 0) is 48.5 Å².